The van der Waals surface area contributed by atoms with Crippen molar-refractivity contribution in [1.82, 2.24) is 5.06 Å². The summed E-state index contributed by atoms with van der Waals surface area (Å²) in [4.78, 5) is 0. The molecule has 0 aromatic rings. The predicted octanol–water partition coefficient (Wildman–Crippen LogP) is 0.345. The summed E-state index contributed by atoms with van der Waals surface area (Å²) in [5, 5.41) is 20.3. The molecule has 0 aliphatic carbocycles. The van der Waals surface area contributed by atoms with Gasteiger partial charge in [0.25, 0.3) is 0 Å². The monoisotopic (exact) mass is 155 g/mol. The second-order valence-corrected chi connectivity index (χ2v) is 2.69. The number of nitriles is 1. The molecule has 1 saturated heterocycles. The molecule has 2 unspecified atom stereocenters. The smallest absolute Gasteiger partial charge is 0.0843 e. The quantitative estimate of drug-likeness (QED) is 0.548. The highest BCUT2D eigenvalue weighted by Gasteiger charge is 2.25. The lowest BCUT2D eigenvalue weighted by Gasteiger charge is -2.38. The summed E-state index contributed by atoms with van der Waals surface area (Å²) in [5.41, 5.74) is 0. The van der Waals surface area contributed by atoms with Crippen molar-refractivity contribution in [3.8, 4) is 6.07 Å². The maximum absolute atomic E-state index is 10.8. The number of nitrogens with zero attached hydrogens (tertiary/aromatic N) is 2. The largest absolute Gasteiger partial charge is 0.785 e. The van der Waals surface area contributed by atoms with Crippen LogP contribution in [0.1, 0.15) is 6.42 Å². The van der Waals surface area contributed by atoms with Crippen LogP contribution in [0.3, 0.4) is 0 Å². The Morgan fingerprint density at radius 3 is 3.00 bits per heavy atom. The van der Waals surface area contributed by atoms with E-state index in [4.69, 9.17) is 10.00 Å². The molecule has 0 bridgehead atoms. The predicted molar refractivity (Wildman–Crippen MR) is 39.5 cm³/mol. The summed E-state index contributed by atoms with van der Waals surface area (Å²) in [6.45, 7) is 0.770. The summed E-state index contributed by atoms with van der Waals surface area (Å²) >= 11 is 0. The highest BCUT2D eigenvalue weighted by atomic mass is 16.5. The topological polar surface area (TPSA) is 59.3 Å². The highest BCUT2D eigenvalue weighted by Crippen LogP contribution is 2.17. The number of rotatable bonds is 1. The molecule has 1 aliphatic rings. The fraction of sp³-hybridized carbons (Fsp3) is 0.857. The normalized spacial score (nSPS) is 33.2. The van der Waals surface area contributed by atoms with E-state index in [2.05, 4.69) is 6.07 Å². The SMILES string of the molecule is COC1CCN([O-])CC1C#N. The van der Waals surface area contributed by atoms with Crippen molar-refractivity contribution in [1.29, 1.82) is 5.26 Å². The van der Waals surface area contributed by atoms with Gasteiger partial charge < -0.3 is 15.0 Å². The molecule has 0 aromatic heterocycles. The molecular weight excluding hydrogens is 144 g/mol. The van der Waals surface area contributed by atoms with Crippen LogP contribution >= 0.6 is 0 Å². The van der Waals surface area contributed by atoms with Crippen LogP contribution in [0.25, 0.3) is 0 Å². The average molecular weight is 155 g/mol. The summed E-state index contributed by atoms with van der Waals surface area (Å²) in [7, 11) is 1.58. The fourth-order valence-corrected chi connectivity index (χ4v) is 1.31. The van der Waals surface area contributed by atoms with Crippen LogP contribution in [0.15, 0.2) is 0 Å². The summed E-state index contributed by atoms with van der Waals surface area (Å²) in [6.07, 6.45) is 0.614. The van der Waals surface area contributed by atoms with Gasteiger partial charge in [-0.05, 0) is 13.0 Å². The zero-order chi connectivity index (χ0) is 8.27. The molecule has 4 nitrogen and oxygen atoms in total. The van der Waals surface area contributed by atoms with Crippen LogP contribution in [0.4, 0.5) is 0 Å². The first kappa shape index (κ1) is 8.47. The minimum atomic E-state index is -0.258. The standard InChI is InChI=1S/C7H11N2O2/c1-11-7-2-3-9(10)5-6(7)4-8/h6-7H,2-3,5H2,1H3/q-1. The Hall–Kier alpha value is -0.630. The molecule has 0 radical (unpaired) electrons. The summed E-state index contributed by atoms with van der Waals surface area (Å²) in [6, 6.07) is 2.07. The van der Waals surface area contributed by atoms with Gasteiger partial charge in [-0.25, -0.2) is 0 Å². The van der Waals surface area contributed by atoms with Crippen molar-refractivity contribution in [3.05, 3.63) is 5.21 Å². The van der Waals surface area contributed by atoms with Gasteiger partial charge in [0.2, 0.25) is 0 Å². The lowest BCUT2D eigenvalue weighted by atomic mass is 9.97. The van der Waals surface area contributed by atoms with Crippen molar-refractivity contribution >= 4 is 0 Å². The van der Waals surface area contributed by atoms with E-state index < -0.39 is 0 Å². The van der Waals surface area contributed by atoms with Crippen molar-refractivity contribution in [3.63, 3.8) is 0 Å². The first-order valence-corrected chi connectivity index (χ1v) is 3.62. The Morgan fingerprint density at radius 2 is 2.45 bits per heavy atom. The molecule has 4 heteroatoms. The number of ether oxygens (including phenoxy) is 1. The molecule has 0 saturated carbocycles. The molecule has 11 heavy (non-hydrogen) atoms. The van der Waals surface area contributed by atoms with Gasteiger partial charge >= 0.3 is 0 Å². The number of piperidine rings is 1. The molecule has 0 amide bonds. The number of hydrogen-bond donors (Lipinski definition) is 0. The van der Waals surface area contributed by atoms with Crippen LogP contribution in [0.2, 0.25) is 0 Å². The maximum atomic E-state index is 10.8. The van der Waals surface area contributed by atoms with Crippen molar-refractivity contribution in [2.75, 3.05) is 20.2 Å². The van der Waals surface area contributed by atoms with E-state index in [0.29, 0.717) is 13.0 Å². The van der Waals surface area contributed by atoms with E-state index >= 15 is 0 Å². The molecule has 1 heterocycles. The Labute approximate surface area is 65.9 Å². The van der Waals surface area contributed by atoms with Gasteiger partial charge in [-0.15, -0.1) is 0 Å². The van der Waals surface area contributed by atoms with Crippen molar-refractivity contribution < 1.29 is 4.74 Å². The second-order valence-electron chi connectivity index (χ2n) is 2.69. The average Bonchev–Trinajstić information content (AvgIpc) is 2.04. The molecule has 0 aromatic carbocycles. The third kappa shape index (κ3) is 1.90. The Morgan fingerprint density at radius 1 is 1.73 bits per heavy atom. The number of methoxy groups -OCH3 is 1. The van der Waals surface area contributed by atoms with Gasteiger partial charge in [-0.1, -0.05) is 0 Å². The second kappa shape index (κ2) is 3.67. The van der Waals surface area contributed by atoms with E-state index in [1.807, 2.05) is 0 Å². The maximum Gasteiger partial charge on any atom is 0.0843 e. The third-order valence-corrected chi connectivity index (χ3v) is 1.98. The first-order chi connectivity index (χ1) is 5.27. The first-order valence-electron chi connectivity index (χ1n) is 3.62. The fourth-order valence-electron chi connectivity index (χ4n) is 1.31. The lowest BCUT2D eigenvalue weighted by Crippen LogP contribution is -2.40. The van der Waals surface area contributed by atoms with E-state index in [0.717, 1.165) is 5.06 Å². The lowest BCUT2D eigenvalue weighted by molar-refractivity contribution is 0.0258. The van der Waals surface area contributed by atoms with E-state index in [9.17, 15) is 5.21 Å². The minimum absolute atomic E-state index is 0.0507. The zero-order valence-corrected chi connectivity index (χ0v) is 6.49. The molecule has 1 fully saturated rings. The molecule has 2 atom stereocenters. The van der Waals surface area contributed by atoms with Crippen LogP contribution < -0.4 is 0 Å². The molecule has 1 aliphatic heterocycles. The van der Waals surface area contributed by atoms with Crippen molar-refractivity contribution in [2.45, 2.75) is 12.5 Å². The molecule has 1 rings (SSSR count). The van der Waals surface area contributed by atoms with Gasteiger partial charge in [-0.3, -0.25) is 0 Å². The van der Waals surface area contributed by atoms with E-state index in [1.165, 1.54) is 0 Å². The highest BCUT2D eigenvalue weighted by molar-refractivity contribution is 4.94. The molecular formula is C7H11N2O2-. The van der Waals surface area contributed by atoms with Gasteiger partial charge in [0.05, 0.1) is 18.1 Å². The number of hydroxylamine groups is 2. The Balaban J connectivity index is 2.50. The van der Waals surface area contributed by atoms with E-state index in [1.54, 1.807) is 7.11 Å². The van der Waals surface area contributed by atoms with Gasteiger partial charge in [0, 0.05) is 13.7 Å². The van der Waals surface area contributed by atoms with Crippen LogP contribution in [0, 0.1) is 22.5 Å². The van der Waals surface area contributed by atoms with Gasteiger partial charge in [0.1, 0.15) is 0 Å². The van der Waals surface area contributed by atoms with Crippen LogP contribution in [0.5, 0.6) is 0 Å². The molecule has 0 N–H and O–H groups in total. The summed E-state index contributed by atoms with van der Waals surface area (Å²) in [5.74, 6) is -0.258. The van der Waals surface area contributed by atoms with Crippen LogP contribution in [-0.4, -0.2) is 31.4 Å². The zero-order valence-electron chi connectivity index (χ0n) is 6.49. The Kier molecular flexibility index (Phi) is 2.83. The van der Waals surface area contributed by atoms with Crippen molar-refractivity contribution in [2.24, 2.45) is 5.92 Å². The minimum Gasteiger partial charge on any atom is -0.785 e. The van der Waals surface area contributed by atoms with E-state index in [-0.39, 0.29) is 18.6 Å². The Bertz CT molecular complexity index is 166. The third-order valence-electron chi connectivity index (χ3n) is 1.98. The van der Waals surface area contributed by atoms with Gasteiger partial charge in [-0.2, -0.15) is 5.26 Å². The number of hydrogen-bond acceptors (Lipinski definition) is 4. The molecule has 62 valence electrons. The summed E-state index contributed by atoms with van der Waals surface area (Å²) < 4.78 is 5.05. The van der Waals surface area contributed by atoms with Crippen LogP contribution in [-0.2, 0) is 4.74 Å². The van der Waals surface area contributed by atoms with Gasteiger partial charge in [0.15, 0.2) is 0 Å². The molecule has 0 spiro atoms.